The number of rotatable bonds is 0. The minimum Gasteiger partial charge on any atom is -0.0854 e. The molecule has 0 aliphatic heterocycles. The van der Waals surface area contributed by atoms with Gasteiger partial charge in [-0.1, -0.05) is 54.9 Å². The standard InChI is InChI=1S/C16H23Br/c1-10-4-6-12-13-9-11(17)5-7-14(13)16(2,3)15(12)8-10/h4-6,10,12-15H,7-9H2,1-3H3. The Morgan fingerprint density at radius 3 is 2.76 bits per heavy atom. The van der Waals surface area contributed by atoms with Crippen LogP contribution in [0.15, 0.2) is 22.7 Å². The summed E-state index contributed by atoms with van der Waals surface area (Å²) in [4.78, 5) is 0. The molecule has 0 bridgehead atoms. The molecule has 17 heavy (non-hydrogen) atoms. The fourth-order valence-corrected chi connectivity index (χ4v) is 5.31. The van der Waals surface area contributed by atoms with Gasteiger partial charge < -0.3 is 0 Å². The van der Waals surface area contributed by atoms with Crippen LogP contribution in [0.1, 0.15) is 40.0 Å². The molecular formula is C16H23Br. The molecule has 0 heterocycles. The van der Waals surface area contributed by atoms with Gasteiger partial charge in [-0.05, 0) is 58.7 Å². The van der Waals surface area contributed by atoms with Gasteiger partial charge >= 0.3 is 0 Å². The molecule has 0 aromatic heterocycles. The van der Waals surface area contributed by atoms with Crippen molar-refractivity contribution in [3.05, 3.63) is 22.7 Å². The van der Waals surface area contributed by atoms with Gasteiger partial charge in [0.2, 0.25) is 0 Å². The van der Waals surface area contributed by atoms with Gasteiger partial charge in [0.1, 0.15) is 0 Å². The number of fused-ring (bicyclic) bond motifs is 3. The fraction of sp³-hybridized carbons (Fsp3) is 0.750. The summed E-state index contributed by atoms with van der Waals surface area (Å²) in [6.07, 6.45) is 11.4. The maximum atomic E-state index is 3.73. The lowest BCUT2D eigenvalue weighted by Crippen LogP contribution is -2.29. The van der Waals surface area contributed by atoms with E-state index in [2.05, 4.69) is 54.9 Å². The first-order valence-corrected chi connectivity index (χ1v) is 7.82. The van der Waals surface area contributed by atoms with Crippen molar-refractivity contribution in [3.63, 3.8) is 0 Å². The van der Waals surface area contributed by atoms with Crippen molar-refractivity contribution < 1.29 is 0 Å². The molecule has 1 saturated carbocycles. The van der Waals surface area contributed by atoms with Crippen molar-refractivity contribution >= 4 is 15.9 Å². The van der Waals surface area contributed by atoms with Gasteiger partial charge in [0.05, 0.1) is 0 Å². The third-order valence-corrected chi connectivity index (χ3v) is 6.35. The van der Waals surface area contributed by atoms with Gasteiger partial charge in [-0.15, -0.1) is 0 Å². The second-order valence-corrected chi connectivity index (χ2v) is 7.98. The zero-order valence-corrected chi connectivity index (χ0v) is 12.7. The van der Waals surface area contributed by atoms with Gasteiger partial charge in [0, 0.05) is 0 Å². The van der Waals surface area contributed by atoms with E-state index in [1.165, 1.54) is 23.7 Å². The molecule has 94 valence electrons. The molecule has 1 heteroatoms. The van der Waals surface area contributed by atoms with Crippen LogP contribution in [0.2, 0.25) is 0 Å². The largest absolute Gasteiger partial charge is 0.0854 e. The molecule has 0 spiro atoms. The molecule has 0 aromatic rings. The highest BCUT2D eigenvalue weighted by Crippen LogP contribution is 2.62. The van der Waals surface area contributed by atoms with Gasteiger partial charge in [-0.2, -0.15) is 0 Å². The van der Waals surface area contributed by atoms with Crippen LogP contribution in [-0.4, -0.2) is 0 Å². The quantitative estimate of drug-likeness (QED) is 0.541. The average molecular weight is 295 g/mol. The predicted molar refractivity (Wildman–Crippen MR) is 76.9 cm³/mol. The summed E-state index contributed by atoms with van der Waals surface area (Å²) in [6.45, 7) is 7.42. The zero-order chi connectivity index (χ0) is 12.2. The average Bonchev–Trinajstić information content (AvgIpc) is 2.48. The minimum absolute atomic E-state index is 0.526. The SMILES string of the molecule is CC1C=CC2C3CC(Br)=CCC3C(C)(C)C2C1. The molecule has 1 fully saturated rings. The zero-order valence-electron chi connectivity index (χ0n) is 11.1. The predicted octanol–water partition coefficient (Wildman–Crippen LogP) is 5.16. The monoisotopic (exact) mass is 294 g/mol. The lowest BCUT2D eigenvalue weighted by atomic mass is 9.68. The van der Waals surface area contributed by atoms with E-state index in [1.54, 1.807) is 0 Å². The molecule has 0 N–H and O–H groups in total. The maximum absolute atomic E-state index is 3.73. The molecular weight excluding hydrogens is 272 g/mol. The van der Waals surface area contributed by atoms with Gasteiger partial charge in [-0.25, -0.2) is 0 Å². The summed E-state index contributed by atoms with van der Waals surface area (Å²) in [6, 6.07) is 0. The lowest BCUT2D eigenvalue weighted by Gasteiger charge is -2.37. The topological polar surface area (TPSA) is 0 Å². The van der Waals surface area contributed by atoms with Crippen LogP contribution in [-0.2, 0) is 0 Å². The maximum Gasteiger partial charge on any atom is -0.00860 e. The Kier molecular flexibility index (Phi) is 2.81. The highest BCUT2D eigenvalue weighted by Gasteiger charge is 2.54. The van der Waals surface area contributed by atoms with Crippen LogP contribution < -0.4 is 0 Å². The minimum atomic E-state index is 0.526. The molecule has 3 aliphatic rings. The van der Waals surface area contributed by atoms with Gasteiger partial charge in [0.25, 0.3) is 0 Å². The molecule has 3 aliphatic carbocycles. The Morgan fingerprint density at radius 1 is 1.24 bits per heavy atom. The number of allylic oxidation sites excluding steroid dienone is 4. The van der Waals surface area contributed by atoms with Crippen molar-refractivity contribution in [2.75, 3.05) is 0 Å². The third-order valence-electron chi connectivity index (χ3n) is 5.70. The number of hydrogen-bond donors (Lipinski definition) is 0. The van der Waals surface area contributed by atoms with E-state index in [0.29, 0.717) is 5.41 Å². The summed E-state index contributed by atoms with van der Waals surface area (Å²) >= 11 is 3.73. The fourth-order valence-electron chi connectivity index (χ4n) is 4.74. The van der Waals surface area contributed by atoms with Crippen molar-refractivity contribution in [3.8, 4) is 0 Å². The Balaban J connectivity index is 1.97. The van der Waals surface area contributed by atoms with E-state index >= 15 is 0 Å². The first-order chi connectivity index (χ1) is 8.00. The van der Waals surface area contributed by atoms with Crippen LogP contribution in [0.3, 0.4) is 0 Å². The second-order valence-electron chi connectivity index (χ2n) is 6.96. The van der Waals surface area contributed by atoms with E-state index in [4.69, 9.17) is 0 Å². The summed E-state index contributed by atoms with van der Waals surface area (Å²) in [5.41, 5.74) is 0.526. The number of hydrogen-bond acceptors (Lipinski definition) is 0. The molecule has 0 radical (unpaired) electrons. The first-order valence-electron chi connectivity index (χ1n) is 7.03. The van der Waals surface area contributed by atoms with Crippen LogP contribution in [0, 0.1) is 35.0 Å². The molecule has 0 aromatic carbocycles. The molecule has 5 atom stereocenters. The number of halogens is 1. The highest BCUT2D eigenvalue weighted by atomic mass is 79.9. The summed E-state index contributed by atoms with van der Waals surface area (Å²) in [5, 5.41) is 0. The molecule has 0 nitrogen and oxygen atoms in total. The second kappa shape index (κ2) is 3.98. The van der Waals surface area contributed by atoms with Crippen molar-refractivity contribution in [1.82, 2.24) is 0 Å². The van der Waals surface area contributed by atoms with Gasteiger partial charge in [0.15, 0.2) is 0 Å². The van der Waals surface area contributed by atoms with E-state index in [0.717, 1.165) is 29.6 Å². The van der Waals surface area contributed by atoms with Crippen LogP contribution in [0.25, 0.3) is 0 Å². The van der Waals surface area contributed by atoms with Gasteiger partial charge in [-0.3, -0.25) is 0 Å². The van der Waals surface area contributed by atoms with E-state index < -0.39 is 0 Å². The molecule has 5 unspecified atom stereocenters. The van der Waals surface area contributed by atoms with Crippen molar-refractivity contribution in [2.45, 2.75) is 40.0 Å². The Bertz CT molecular complexity index is 377. The van der Waals surface area contributed by atoms with Crippen LogP contribution in [0.5, 0.6) is 0 Å². The van der Waals surface area contributed by atoms with Crippen LogP contribution >= 0.6 is 15.9 Å². The third kappa shape index (κ3) is 1.77. The first kappa shape index (κ1) is 12.0. The smallest absolute Gasteiger partial charge is 0.00860 e. The molecule has 0 amide bonds. The molecule has 3 rings (SSSR count). The Hall–Kier alpha value is -0.0400. The summed E-state index contributed by atoms with van der Waals surface area (Å²) in [5.74, 6) is 4.32. The van der Waals surface area contributed by atoms with Crippen molar-refractivity contribution in [2.24, 2.45) is 35.0 Å². The van der Waals surface area contributed by atoms with E-state index in [1.807, 2.05) is 0 Å². The van der Waals surface area contributed by atoms with E-state index in [9.17, 15) is 0 Å². The summed E-state index contributed by atoms with van der Waals surface area (Å²) < 4.78 is 1.45. The highest BCUT2D eigenvalue weighted by molar-refractivity contribution is 9.11. The molecule has 0 saturated heterocycles. The van der Waals surface area contributed by atoms with Crippen LogP contribution in [0.4, 0.5) is 0 Å². The summed E-state index contributed by atoms with van der Waals surface area (Å²) in [7, 11) is 0. The Labute approximate surface area is 114 Å². The van der Waals surface area contributed by atoms with Crippen molar-refractivity contribution in [1.29, 1.82) is 0 Å². The Morgan fingerprint density at radius 2 is 2.00 bits per heavy atom. The lowest BCUT2D eigenvalue weighted by molar-refractivity contribution is 0.147. The van der Waals surface area contributed by atoms with E-state index in [-0.39, 0.29) is 0 Å². The normalized spacial score (nSPS) is 47.3.